The molecule has 0 amide bonds. The molecule has 0 N–H and O–H groups in total. The largest absolute Gasteiger partial charge is 0.456 e. The molecule has 0 radical (unpaired) electrons. The molecule has 0 saturated carbocycles. The average molecular weight is 728 g/mol. The summed E-state index contributed by atoms with van der Waals surface area (Å²) in [5, 5.41) is 10.7. The molecule has 8 aromatic carbocycles. The number of rotatable bonds is 4. The van der Waals surface area contributed by atoms with E-state index in [1.54, 1.807) is 0 Å². The molecule has 5 aromatic heterocycles. The van der Waals surface area contributed by atoms with Crippen LogP contribution in [-0.2, 0) is 0 Å². The van der Waals surface area contributed by atoms with Crippen LogP contribution >= 0.6 is 0 Å². The highest BCUT2D eigenvalue weighted by atomic mass is 16.3. The monoisotopic (exact) mass is 727 g/mol. The molecular formula is C51H29N5O. The number of aromatic nitrogens is 5. The number of hydrogen-bond donors (Lipinski definition) is 0. The second-order valence-corrected chi connectivity index (χ2v) is 14.8. The van der Waals surface area contributed by atoms with Crippen molar-refractivity contribution in [2.24, 2.45) is 0 Å². The summed E-state index contributed by atoms with van der Waals surface area (Å²) in [5.41, 5.74) is 10.1. The molecule has 0 spiro atoms. The molecule has 13 rings (SSSR count). The van der Waals surface area contributed by atoms with Crippen LogP contribution in [0.4, 0.5) is 0 Å². The van der Waals surface area contributed by atoms with Gasteiger partial charge in [-0.25, -0.2) is 15.0 Å². The van der Waals surface area contributed by atoms with E-state index in [0.717, 1.165) is 55.5 Å². The quantitative estimate of drug-likeness (QED) is 0.181. The van der Waals surface area contributed by atoms with Crippen LogP contribution in [0.3, 0.4) is 0 Å². The summed E-state index contributed by atoms with van der Waals surface area (Å²) in [6, 6.07) is 61.8. The van der Waals surface area contributed by atoms with Gasteiger partial charge in [0.2, 0.25) is 0 Å². The van der Waals surface area contributed by atoms with Crippen molar-refractivity contribution in [3.63, 3.8) is 0 Å². The van der Waals surface area contributed by atoms with Crippen LogP contribution < -0.4 is 0 Å². The third-order valence-corrected chi connectivity index (χ3v) is 11.7. The number of para-hydroxylation sites is 2. The molecule has 13 aromatic rings. The maximum absolute atomic E-state index is 6.61. The van der Waals surface area contributed by atoms with Crippen LogP contribution in [0.25, 0.3) is 122 Å². The van der Waals surface area contributed by atoms with Crippen molar-refractivity contribution in [2.75, 3.05) is 0 Å². The van der Waals surface area contributed by atoms with Crippen molar-refractivity contribution < 1.29 is 4.42 Å². The highest BCUT2D eigenvalue weighted by molar-refractivity contribution is 6.32. The lowest BCUT2D eigenvalue weighted by atomic mass is 9.99. The van der Waals surface area contributed by atoms with Gasteiger partial charge >= 0.3 is 0 Å². The first-order valence-electron chi connectivity index (χ1n) is 19.2. The van der Waals surface area contributed by atoms with Gasteiger partial charge in [0.25, 0.3) is 0 Å². The molecule has 0 unspecified atom stereocenters. The van der Waals surface area contributed by atoms with Crippen LogP contribution in [0.15, 0.2) is 180 Å². The second-order valence-electron chi connectivity index (χ2n) is 14.8. The molecule has 6 nitrogen and oxygen atoms in total. The van der Waals surface area contributed by atoms with Gasteiger partial charge in [0.1, 0.15) is 16.8 Å². The van der Waals surface area contributed by atoms with Gasteiger partial charge in [-0.3, -0.25) is 8.97 Å². The topological polar surface area (TPSA) is 61.2 Å². The maximum atomic E-state index is 6.61. The Bertz CT molecular complexity index is 3690. The third-order valence-electron chi connectivity index (χ3n) is 11.7. The molecule has 57 heavy (non-hydrogen) atoms. The molecule has 0 saturated heterocycles. The van der Waals surface area contributed by atoms with Crippen LogP contribution in [0.1, 0.15) is 0 Å². The fourth-order valence-electron chi connectivity index (χ4n) is 9.29. The van der Waals surface area contributed by atoms with Crippen molar-refractivity contribution >= 4 is 81.8 Å². The Morgan fingerprint density at radius 3 is 1.86 bits per heavy atom. The van der Waals surface area contributed by atoms with Gasteiger partial charge in [-0.05, 0) is 47.2 Å². The number of benzene rings is 8. The van der Waals surface area contributed by atoms with Gasteiger partial charge in [-0.15, -0.1) is 0 Å². The predicted molar refractivity (Wildman–Crippen MR) is 232 cm³/mol. The van der Waals surface area contributed by atoms with Gasteiger partial charge in [0.15, 0.2) is 17.5 Å². The van der Waals surface area contributed by atoms with E-state index in [1.165, 1.54) is 48.7 Å². The Balaban J connectivity index is 1.13. The Hall–Kier alpha value is -7.83. The average Bonchev–Trinajstić information content (AvgIpc) is 3.94. The maximum Gasteiger partial charge on any atom is 0.164 e. The summed E-state index contributed by atoms with van der Waals surface area (Å²) in [6.45, 7) is 0. The summed E-state index contributed by atoms with van der Waals surface area (Å²) in [7, 11) is 0. The first kappa shape index (κ1) is 30.5. The molecule has 0 fully saturated rings. The summed E-state index contributed by atoms with van der Waals surface area (Å²) in [4.78, 5) is 15.2. The highest BCUT2D eigenvalue weighted by Crippen LogP contribution is 2.46. The van der Waals surface area contributed by atoms with E-state index in [1.807, 2.05) is 72.8 Å². The summed E-state index contributed by atoms with van der Waals surface area (Å²) in [6.07, 6.45) is 0. The first-order chi connectivity index (χ1) is 28.3. The lowest BCUT2D eigenvalue weighted by Crippen LogP contribution is -2.00. The summed E-state index contributed by atoms with van der Waals surface area (Å²) < 4.78 is 11.5. The molecule has 0 aliphatic carbocycles. The SMILES string of the molecule is c1ccc(-c2nc(-c3ccccc3)nc(-c3cccc4oc5ccc(-n6c7ccccc7c7c8cccc9ccc%10c%11ccccc%11n(c%10c98)c76)cc5c34)n2)cc1. The summed E-state index contributed by atoms with van der Waals surface area (Å²) >= 11 is 0. The zero-order valence-electron chi connectivity index (χ0n) is 30.4. The Morgan fingerprint density at radius 2 is 1.07 bits per heavy atom. The molecule has 264 valence electrons. The van der Waals surface area contributed by atoms with Gasteiger partial charge in [0.05, 0.1) is 16.6 Å². The van der Waals surface area contributed by atoms with E-state index in [9.17, 15) is 0 Å². The Kier molecular flexibility index (Phi) is 6.07. The van der Waals surface area contributed by atoms with E-state index < -0.39 is 0 Å². The van der Waals surface area contributed by atoms with Crippen LogP contribution in [0, 0.1) is 0 Å². The van der Waals surface area contributed by atoms with Crippen molar-refractivity contribution in [1.29, 1.82) is 0 Å². The zero-order chi connectivity index (χ0) is 37.2. The van der Waals surface area contributed by atoms with E-state index in [4.69, 9.17) is 19.4 Å². The Morgan fingerprint density at radius 1 is 0.404 bits per heavy atom. The normalized spacial score (nSPS) is 12.2. The molecular weight excluding hydrogens is 699 g/mol. The fourth-order valence-corrected chi connectivity index (χ4v) is 9.29. The highest BCUT2D eigenvalue weighted by Gasteiger charge is 2.25. The minimum Gasteiger partial charge on any atom is -0.456 e. The van der Waals surface area contributed by atoms with Crippen LogP contribution in [0.5, 0.6) is 0 Å². The smallest absolute Gasteiger partial charge is 0.164 e. The third kappa shape index (κ3) is 4.21. The Labute approximate surface area is 324 Å². The predicted octanol–water partition coefficient (Wildman–Crippen LogP) is 13.0. The van der Waals surface area contributed by atoms with Crippen molar-refractivity contribution in [1.82, 2.24) is 23.9 Å². The van der Waals surface area contributed by atoms with Crippen LogP contribution in [-0.4, -0.2) is 23.9 Å². The molecule has 0 bridgehead atoms. The van der Waals surface area contributed by atoms with Crippen molar-refractivity contribution in [2.45, 2.75) is 0 Å². The lowest BCUT2D eigenvalue weighted by Gasteiger charge is -2.14. The number of nitrogens with zero attached hydrogens (tertiary/aromatic N) is 5. The van der Waals surface area contributed by atoms with Crippen LogP contribution in [0.2, 0.25) is 0 Å². The van der Waals surface area contributed by atoms with E-state index in [-0.39, 0.29) is 0 Å². The molecule has 0 aliphatic rings. The number of hydrogen-bond acceptors (Lipinski definition) is 4. The minimum atomic E-state index is 0.594. The van der Waals surface area contributed by atoms with Crippen molar-refractivity contribution in [3.05, 3.63) is 176 Å². The number of furan rings is 1. The molecule has 0 atom stereocenters. The van der Waals surface area contributed by atoms with Crippen molar-refractivity contribution in [3.8, 4) is 39.9 Å². The van der Waals surface area contributed by atoms with E-state index in [2.05, 4.69) is 112 Å². The standard InChI is InChI=1S/C51H29N5O/c1-3-13-31(14-4-1)48-52-49(32-15-5-2-6-16-32)54-50(53-48)38-21-12-24-43-45(38)39-29-33(26-28-42(39)57-43)55-41-23-10-8-19-36(41)46-37-20-11-17-30-25-27-35-34-18-7-9-22-40(34)56(51(46)55)47(35)44(30)37/h1-29H. The van der Waals surface area contributed by atoms with E-state index in [0.29, 0.717) is 17.5 Å². The van der Waals surface area contributed by atoms with E-state index >= 15 is 0 Å². The lowest BCUT2D eigenvalue weighted by molar-refractivity contribution is 0.669. The minimum absolute atomic E-state index is 0.594. The summed E-state index contributed by atoms with van der Waals surface area (Å²) in [5.74, 6) is 1.84. The molecule has 0 aliphatic heterocycles. The number of fused-ring (bicyclic) bond motifs is 11. The van der Waals surface area contributed by atoms with Gasteiger partial charge in [-0.1, -0.05) is 140 Å². The molecule has 6 heteroatoms. The van der Waals surface area contributed by atoms with Gasteiger partial charge in [-0.2, -0.15) is 0 Å². The molecule has 5 heterocycles. The second kappa shape index (κ2) is 11.4. The van der Waals surface area contributed by atoms with Gasteiger partial charge in [0, 0.05) is 60.1 Å². The van der Waals surface area contributed by atoms with Gasteiger partial charge < -0.3 is 4.42 Å². The first-order valence-corrected chi connectivity index (χ1v) is 19.2. The number of pyridine rings is 1. The zero-order valence-corrected chi connectivity index (χ0v) is 30.4. The fraction of sp³-hybridized carbons (Fsp3) is 0.